The minimum atomic E-state index is -0.813. The Kier molecular flexibility index (Phi) is 4.43. The molecular formula is C12H19N3O2. The van der Waals surface area contributed by atoms with Gasteiger partial charge in [-0.25, -0.2) is 9.97 Å². The van der Waals surface area contributed by atoms with Crippen molar-refractivity contribution in [2.24, 2.45) is 5.92 Å². The lowest BCUT2D eigenvalue weighted by molar-refractivity contribution is -0.140. The molecule has 1 aromatic heterocycles. The number of carbonyl (C=O) groups is 1. The molecule has 0 aromatic carbocycles. The summed E-state index contributed by atoms with van der Waals surface area (Å²) in [5, 5.41) is 11.8. The first kappa shape index (κ1) is 13.4. The van der Waals surface area contributed by atoms with Gasteiger partial charge in [0, 0.05) is 24.2 Å². The summed E-state index contributed by atoms with van der Waals surface area (Å²) in [6, 6.07) is 1.82. The zero-order chi connectivity index (χ0) is 13.0. The lowest BCUT2D eigenvalue weighted by Gasteiger charge is -2.11. The maximum Gasteiger partial charge on any atom is 0.308 e. The molecule has 0 saturated heterocycles. The van der Waals surface area contributed by atoms with Crippen LogP contribution in [0.15, 0.2) is 6.07 Å². The second kappa shape index (κ2) is 5.61. The average Bonchev–Trinajstić information content (AvgIpc) is 2.24. The number of hydrogen-bond donors (Lipinski definition) is 2. The molecule has 1 atom stereocenters. The van der Waals surface area contributed by atoms with E-state index in [1.54, 1.807) is 6.92 Å². The largest absolute Gasteiger partial charge is 0.481 e. The van der Waals surface area contributed by atoms with Crippen LogP contribution in [0.3, 0.4) is 0 Å². The van der Waals surface area contributed by atoms with E-state index in [9.17, 15) is 4.79 Å². The van der Waals surface area contributed by atoms with Crippen LogP contribution in [0.5, 0.6) is 0 Å². The van der Waals surface area contributed by atoms with Crippen molar-refractivity contribution in [2.75, 3.05) is 11.9 Å². The van der Waals surface area contributed by atoms with E-state index in [4.69, 9.17) is 5.11 Å². The summed E-state index contributed by atoms with van der Waals surface area (Å²) in [5.41, 5.74) is 0.883. The molecule has 1 aromatic rings. The summed E-state index contributed by atoms with van der Waals surface area (Å²) in [7, 11) is 0. The van der Waals surface area contributed by atoms with E-state index >= 15 is 0 Å². The van der Waals surface area contributed by atoms with Crippen LogP contribution in [0.2, 0.25) is 0 Å². The van der Waals surface area contributed by atoms with Crippen LogP contribution < -0.4 is 5.32 Å². The van der Waals surface area contributed by atoms with Gasteiger partial charge in [0.15, 0.2) is 0 Å². The molecule has 5 heteroatoms. The molecule has 1 heterocycles. The van der Waals surface area contributed by atoms with Crippen LogP contribution in [0.4, 0.5) is 5.82 Å². The third-order valence-corrected chi connectivity index (χ3v) is 2.40. The molecule has 5 nitrogen and oxygen atoms in total. The van der Waals surface area contributed by atoms with Gasteiger partial charge in [0.25, 0.3) is 0 Å². The van der Waals surface area contributed by atoms with Gasteiger partial charge in [-0.15, -0.1) is 0 Å². The Morgan fingerprint density at radius 2 is 2.06 bits per heavy atom. The average molecular weight is 237 g/mol. The molecule has 0 bridgehead atoms. The molecule has 0 aliphatic heterocycles. The second-order valence-electron chi connectivity index (χ2n) is 4.53. The standard InChI is InChI=1S/C12H19N3O2/c1-7(2)11-14-9(4)5-10(15-11)13-6-8(3)12(16)17/h5,7-8H,6H2,1-4H3,(H,16,17)(H,13,14,15). The number of aryl methyl sites for hydroxylation is 1. The zero-order valence-corrected chi connectivity index (χ0v) is 10.7. The van der Waals surface area contributed by atoms with Crippen molar-refractivity contribution < 1.29 is 9.90 Å². The normalized spacial score (nSPS) is 12.5. The highest BCUT2D eigenvalue weighted by molar-refractivity contribution is 5.70. The molecule has 0 amide bonds. The van der Waals surface area contributed by atoms with Crippen molar-refractivity contribution in [3.63, 3.8) is 0 Å². The summed E-state index contributed by atoms with van der Waals surface area (Å²) in [6.07, 6.45) is 0. The SMILES string of the molecule is Cc1cc(NCC(C)C(=O)O)nc(C(C)C)n1. The van der Waals surface area contributed by atoms with E-state index < -0.39 is 11.9 Å². The quantitative estimate of drug-likeness (QED) is 0.819. The van der Waals surface area contributed by atoms with E-state index in [1.165, 1.54) is 0 Å². The minimum absolute atomic E-state index is 0.257. The first-order valence-electron chi connectivity index (χ1n) is 5.72. The van der Waals surface area contributed by atoms with Crippen LogP contribution in [0.25, 0.3) is 0 Å². The number of nitrogens with zero attached hydrogens (tertiary/aromatic N) is 2. The highest BCUT2D eigenvalue weighted by atomic mass is 16.4. The molecule has 94 valence electrons. The number of anilines is 1. The Bertz CT molecular complexity index is 405. The zero-order valence-electron chi connectivity index (χ0n) is 10.7. The molecule has 0 aliphatic carbocycles. The van der Waals surface area contributed by atoms with E-state index in [0.717, 1.165) is 11.5 Å². The third kappa shape index (κ3) is 4.01. The molecule has 0 saturated carbocycles. The summed E-state index contributed by atoms with van der Waals surface area (Å²) >= 11 is 0. The summed E-state index contributed by atoms with van der Waals surface area (Å²) in [6.45, 7) is 7.98. The second-order valence-corrected chi connectivity index (χ2v) is 4.53. The maximum absolute atomic E-state index is 10.7. The topological polar surface area (TPSA) is 75.1 Å². The number of nitrogens with one attached hydrogen (secondary N) is 1. The monoisotopic (exact) mass is 237 g/mol. The Labute approximate surface area is 101 Å². The lowest BCUT2D eigenvalue weighted by atomic mass is 10.2. The predicted molar refractivity (Wildman–Crippen MR) is 66.1 cm³/mol. The highest BCUT2D eigenvalue weighted by Gasteiger charge is 2.11. The van der Waals surface area contributed by atoms with Crippen molar-refractivity contribution in [2.45, 2.75) is 33.6 Å². The van der Waals surface area contributed by atoms with Gasteiger partial charge in [-0.2, -0.15) is 0 Å². The van der Waals surface area contributed by atoms with Gasteiger partial charge in [-0.3, -0.25) is 4.79 Å². The Hall–Kier alpha value is -1.65. The molecular weight excluding hydrogens is 218 g/mol. The molecule has 1 rings (SSSR count). The van der Waals surface area contributed by atoms with Crippen molar-refractivity contribution in [3.05, 3.63) is 17.6 Å². The van der Waals surface area contributed by atoms with E-state index in [0.29, 0.717) is 12.4 Å². The first-order valence-corrected chi connectivity index (χ1v) is 5.72. The molecule has 1 unspecified atom stereocenters. The molecule has 0 fully saturated rings. The van der Waals surface area contributed by atoms with E-state index in [-0.39, 0.29) is 5.92 Å². The fourth-order valence-corrected chi connectivity index (χ4v) is 1.29. The van der Waals surface area contributed by atoms with Crippen LogP contribution in [-0.4, -0.2) is 27.6 Å². The Morgan fingerprint density at radius 1 is 1.41 bits per heavy atom. The number of aliphatic carboxylic acids is 1. The van der Waals surface area contributed by atoms with Crippen LogP contribution in [0, 0.1) is 12.8 Å². The highest BCUT2D eigenvalue weighted by Crippen LogP contribution is 2.13. The number of aromatic nitrogens is 2. The molecule has 0 aliphatic rings. The summed E-state index contributed by atoms with van der Waals surface area (Å²) < 4.78 is 0. The van der Waals surface area contributed by atoms with Crippen molar-refractivity contribution in [1.82, 2.24) is 9.97 Å². The molecule has 2 N–H and O–H groups in total. The van der Waals surface area contributed by atoms with Gasteiger partial charge in [0.2, 0.25) is 0 Å². The fourth-order valence-electron chi connectivity index (χ4n) is 1.29. The molecule has 0 spiro atoms. The summed E-state index contributed by atoms with van der Waals surface area (Å²) in [4.78, 5) is 19.4. The Balaban J connectivity index is 2.74. The van der Waals surface area contributed by atoms with E-state index in [2.05, 4.69) is 15.3 Å². The smallest absolute Gasteiger partial charge is 0.308 e. The Morgan fingerprint density at radius 3 is 2.59 bits per heavy atom. The van der Waals surface area contributed by atoms with E-state index in [1.807, 2.05) is 26.8 Å². The molecule has 0 radical (unpaired) electrons. The minimum Gasteiger partial charge on any atom is -0.481 e. The lowest BCUT2D eigenvalue weighted by Crippen LogP contribution is -2.20. The van der Waals surface area contributed by atoms with Gasteiger partial charge >= 0.3 is 5.97 Å². The van der Waals surface area contributed by atoms with Crippen LogP contribution in [0.1, 0.15) is 38.2 Å². The number of carboxylic acids is 1. The van der Waals surface area contributed by atoms with Crippen molar-refractivity contribution >= 4 is 11.8 Å². The van der Waals surface area contributed by atoms with Crippen molar-refractivity contribution in [3.8, 4) is 0 Å². The van der Waals surface area contributed by atoms with Gasteiger partial charge in [0.05, 0.1) is 5.92 Å². The number of carboxylic acid groups (broad SMARTS) is 1. The van der Waals surface area contributed by atoms with Crippen molar-refractivity contribution in [1.29, 1.82) is 0 Å². The van der Waals surface area contributed by atoms with Crippen LogP contribution in [-0.2, 0) is 4.79 Å². The van der Waals surface area contributed by atoms with Gasteiger partial charge in [-0.05, 0) is 6.92 Å². The predicted octanol–water partition coefficient (Wildman–Crippen LogP) is 2.04. The first-order chi connectivity index (χ1) is 7.90. The fraction of sp³-hybridized carbons (Fsp3) is 0.583. The number of hydrogen-bond acceptors (Lipinski definition) is 4. The molecule has 17 heavy (non-hydrogen) atoms. The number of rotatable bonds is 5. The third-order valence-electron chi connectivity index (χ3n) is 2.40. The van der Waals surface area contributed by atoms with Crippen LogP contribution >= 0.6 is 0 Å². The maximum atomic E-state index is 10.7. The van der Waals surface area contributed by atoms with Gasteiger partial charge < -0.3 is 10.4 Å². The van der Waals surface area contributed by atoms with Gasteiger partial charge in [0.1, 0.15) is 11.6 Å². The summed E-state index contributed by atoms with van der Waals surface area (Å²) in [5.74, 6) is 0.470. The van der Waals surface area contributed by atoms with Gasteiger partial charge in [-0.1, -0.05) is 20.8 Å².